The van der Waals surface area contributed by atoms with Crippen molar-refractivity contribution in [2.45, 2.75) is 45.4 Å². The SMILES string of the molecule is COC(=O)c1csc2c(-c3cc(Cl)ccc3OCCn3c(C)nc4c(c3=O)CC3(CC4)OC=CO3)cc(C)nc12. The van der Waals surface area contributed by atoms with Crippen LogP contribution >= 0.6 is 22.9 Å². The average molecular weight is 580 g/mol. The smallest absolute Gasteiger partial charge is 0.340 e. The Bertz CT molecular complexity index is 1740. The molecule has 4 heterocycles. The maximum atomic E-state index is 13.5. The monoisotopic (exact) mass is 579 g/mol. The zero-order valence-corrected chi connectivity index (χ0v) is 23.7. The Morgan fingerprint density at radius 2 is 1.98 bits per heavy atom. The minimum absolute atomic E-state index is 0.110. The number of carbonyl (C=O) groups excluding carboxylic acids is 1. The first-order valence-electron chi connectivity index (χ1n) is 12.8. The summed E-state index contributed by atoms with van der Waals surface area (Å²) >= 11 is 7.81. The summed E-state index contributed by atoms with van der Waals surface area (Å²) in [6, 6.07) is 7.33. The Labute approximate surface area is 238 Å². The molecule has 3 aromatic heterocycles. The molecule has 0 N–H and O–H groups in total. The maximum Gasteiger partial charge on any atom is 0.340 e. The number of fused-ring (bicyclic) bond motifs is 2. The van der Waals surface area contributed by atoms with Crippen molar-refractivity contribution in [3.8, 4) is 16.9 Å². The molecule has 1 aromatic carbocycles. The van der Waals surface area contributed by atoms with Gasteiger partial charge in [0.05, 0.1) is 41.5 Å². The Balaban J connectivity index is 1.29. The van der Waals surface area contributed by atoms with Crippen molar-refractivity contribution < 1.29 is 23.7 Å². The number of hydrogen-bond donors (Lipinski definition) is 0. The zero-order valence-electron chi connectivity index (χ0n) is 22.2. The number of carbonyl (C=O) groups is 1. The molecule has 1 aliphatic heterocycles. The van der Waals surface area contributed by atoms with E-state index in [4.69, 9.17) is 35.5 Å². The van der Waals surface area contributed by atoms with Gasteiger partial charge in [0.25, 0.3) is 11.3 Å². The molecule has 206 valence electrons. The van der Waals surface area contributed by atoms with Crippen molar-refractivity contribution in [1.82, 2.24) is 14.5 Å². The Morgan fingerprint density at radius 3 is 2.75 bits per heavy atom. The van der Waals surface area contributed by atoms with Crippen LogP contribution in [0.5, 0.6) is 5.75 Å². The Morgan fingerprint density at radius 1 is 1.18 bits per heavy atom. The van der Waals surface area contributed by atoms with Gasteiger partial charge in [-0.1, -0.05) is 11.6 Å². The molecule has 40 heavy (non-hydrogen) atoms. The average Bonchev–Trinajstić information content (AvgIpc) is 3.58. The lowest BCUT2D eigenvalue weighted by Crippen LogP contribution is -2.42. The number of aryl methyl sites for hydroxylation is 3. The number of rotatable bonds is 6. The third-order valence-corrected chi connectivity index (χ3v) is 8.45. The fourth-order valence-electron chi connectivity index (χ4n) is 5.28. The summed E-state index contributed by atoms with van der Waals surface area (Å²) < 4.78 is 25.0. The van der Waals surface area contributed by atoms with Gasteiger partial charge in [0.2, 0.25) is 0 Å². The van der Waals surface area contributed by atoms with Gasteiger partial charge < -0.3 is 18.9 Å². The summed E-state index contributed by atoms with van der Waals surface area (Å²) in [5.74, 6) is -0.0326. The minimum Gasteiger partial charge on any atom is -0.491 e. The summed E-state index contributed by atoms with van der Waals surface area (Å²) in [5, 5.41) is 2.29. The minimum atomic E-state index is -0.820. The second kappa shape index (κ2) is 10.3. The van der Waals surface area contributed by atoms with E-state index in [1.165, 1.54) is 31.0 Å². The van der Waals surface area contributed by atoms with Crippen molar-refractivity contribution in [2.24, 2.45) is 0 Å². The largest absolute Gasteiger partial charge is 0.491 e. The maximum absolute atomic E-state index is 13.5. The fourth-order valence-corrected chi connectivity index (χ4v) is 6.46. The number of ether oxygens (including phenoxy) is 4. The number of pyridine rings is 1. The molecule has 0 saturated carbocycles. The molecule has 6 rings (SSSR count). The van der Waals surface area contributed by atoms with E-state index in [1.807, 2.05) is 26.0 Å². The first-order chi connectivity index (χ1) is 19.3. The van der Waals surface area contributed by atoms with Gasteiger partial charge >= 0.3 is 5.97 Å². The highest BCUT2D eigenvalue weighted by Crippen LogP contribution is 2.40. The lowest BCUT2D eigenvalue weighted by Gasteiger charge is -2.32. The molecule has 0 unspecified atom stereocenters. The lowest BCUT2D eigenvalue weighted by atomic mass is 9.91. The topological polar surface area (TPSA) is 102 Å². The van der Waals surface area contributed by atoms with Crippen molar-refractivity contribution in [1.29, 1.82) is 0 Å². The van der Waals surface area contributed by atoms with Crippen LogP contribution in [-0.4, -0.2) is 40.0 Å². The first-order valence-corrected chi connectivity index (χ1v) is 14.0. The Hall–Kier alpha value is -3.89. The van der Waals surface area contributed by atoms with E-state index in [2.05, 4.69) is 4.98 Å². The molecule has 4 aromatic rings. The van der Waals surface area contributed by atoms with Gasteiger partial charge in [-0.15, -0.1) is 11.3 Å². The van der Waals surface area contributed by atoms with Gasteiger partial charge in [-0.3, -0.25) is 14.3 Å². The molecule has 1 spiro atoms. The van der Waals surface area contributed by atoms with Gasteiger partial charge in [-0.2, -0.15) is 0 Å². The summed E-state index contributed by atoms with van der Waals surface area (Å²) in [6.45, 7) is 4.22. The van der Waals surface area contributed by atoms with Crippen LogP contribution < -0.4 is 10.3 Å². The molecule has 0 amide bonds. The van der Waals surface area contributed by atoms with E-state index >= 15 is 0 Å². The van der Waals surface area contributed by atoms with E-state index in [1.54, 1.807) is 22.1 Å². The summed E-state index contributed by atoms with van der Waals surface area (Å²) in [4.78, 5) is 35.1. The number of hydrogen-bond acceptors (Lipinski definition) is 9. The quantitative estimate of drug-likeness (QED) is 0.281. The van der Waals surface area contributed by atoms with Crippen molar-refractivity contribution in [2.75, 3.05) is 13.7 Å². The molecular formula is C29H26ClN3O6S. The van der Waals surface area contributed by atoms with Crippen LogP contribution in [0.4, 0.5) is 0 Å². The number of halogens is 1. The van der Waals surface area contributed by atoms with Crippen molar-refractivity contribution in [3.05, 3.63) is 85.9 Å². The van der Waals surface area contributed by atoms with E-state index in [0.717, 1.165) is 27.2 Å². The van der Waals surface area contributed by atoms with Gasteiger partial charge in [0.15, 0.2) is 0 Å². The number of nitrogens with zero attached hydrogens (tertiary/aromatic N) is 3. The number of benzene rings is 1. The highest BCUT2D eigenvalue weighted by atomic mass is 35.5. The van der Waals surface area contributed by atoms with Crippen LogP contribution in [-0.2, 0) is 33.6 Å². The van der Waals surface area contributed by atoms with E-state index in [0.29, 0.717) is 59.0 Å². The van der Waals surface area contributed by atoms with E-state index in [-0.39, 0.29) is 12.2 Å². The predicted octanol–water partition coefficient (Wildman–Crippen LogP) is 5.36. The van der Waals surface area contributed by atoms with Crippen LogP contribution in [0.15, 0.2) is 47.0 Å². The van der Waals surface area contributed by atoms with Crippen LogP contribution in [0.1, 0.15) is 39.6 Å². The second-order valence-corrected chi connectivity index (χ2v) is 11.1. The van der Waals surface area contributed by atoms with Crippen LogP contribution in [0.3, 0.4) is 0 Å². The highest BCUT2D eigenvalue weighted by Gasteiger charge is 2.41. The molecule has 1 aliphatic carbocycles. The van der Waals surface area contributed by atoms with Crippen LogP contribution in [0, 0.1) is 13.8 Å². The highest BCUT2D eigenvalue weighted by molar-refractivity contribution is 7.18. The number of thiophene rings is 1. The molecule has 0 bridgehead atoms. The number of esters is 1. The molecule has 0 saturated heterocycles. The molecular weight excluding hydrogens is 554 g/mol. The molecule has 9 nitrogen and oxygen atoms in total. The normalized spacial score (nSPS) is 15.1. The van der Waals surface area contributed by atoms with Crippen LogP contribution in [0.2, 0.25) is 5.02 Å². The number of methoxy groups -OCH3 is 1. The van der Waals surface area contributed by atoms with Crippen LogP contribution in [0.25, 0.3) is 21.3 Å². The van der Waals surface area contributed by atoms with E-state index in [9.17, 15) is 9.59 Å². The molecule has 11 heteroatoms. The summed E-state index contributed by atoms with van der Waals surface area (Å²) in [6.07, 6.45) is 4.63. The fraction of sp³-hybridized carbons (Fsp3) is 0.310. The van der Waals surface area contributed by atoms with Gasteiger partial charge in [-0.25, -0.2) is 9.78 Å². The second-order valence-electron chi connectivity index (χ2n) is 9.76. The molecule has 0 fully saturated rings. The van der Waals surface area contributed by atoms with Gasteiger partial charge in [0, 0.05) is 39.2 Å². The van der Waals surface area contributed by atoms with Gasteiger partial charge in [-0.05, 0) is 44.5 Å². The standard InChI is InChI=1S/C29H26ClN3O6S/c1-16-12-20(26-25(31-16)22(15-40-26)28(35)36-3)19-13-18(30)4-5-24(19)37-9-8-33-17(2)32-23-6-7-29(38-10-11-39-29)14-21(23)27(33)34/h4-5,10-13,15H,6-9,14H2,1-3H3. The Kier molecular flexibility index (Phi) is 6.75. The van der Waals surface area contributed by atoms with Crippen molar-refractivity contribution in [3.63, 3.8) is 0 Å². The zero-order chi connectivity index (χ0) is 28.0. The third kappa shape index (κ3) is 4.61. The first kappa shape index (κ1) is 26.3. The third-order valence-electron chi connectivity index (χ3n) is 7.21. The lowest BCUT2D eigenvalue weighted by molar-refractivity contribution is -0.149. The molecule has 2 aliphatic rings. The summed E-state index contributed by atoms with van der Waals surface area (Å²) in [5.41, 5.74) is 4.63. The molecule has 0 radical (unpaired) electrons. The number of aromatic nitrogens is 3. The van der Waals surface area contributed by atoms with Crippen molar-refractivity contribution >= 4 is 39.1 Å². The predicted molar refractivity (Wildman–Crippen MR) is 151 cm³/mol. The summed E-state index contributed by atoms with van der Waals surface area (Å²) in [7, 11) is 1.35. The van der Waals surface area contributed by atoms with Gasteiger partial charge in [0.1, 0.15) is 30.7 Å². The molecule has 0 atom stereocenters. The van der Waals surface area contributed by atoms with E-state index < -0.39 is 11.8 Å².